The van der Waals surface area contributed by atoms with E-state index >= 15 is 0 Å². The van der Waals surface area contributed by atoms with Gasteiger partial charge in [0.1, 0.15) is 11.4 Å². The van der Waals surface area contributed by atoms with E-state index in [1.807, 2.05) is 0 Å². The SMILES string of the molecule is CCC(C)(NC(=O)CCCN(C)S(=O)(=O)c1ccc(F)cc1)C(=O)O. The highest BCUT2D eigenvalue weighted by Gasteiger charge is 2.32. The number of benzene rings is 1. The summed E-state index contributed by atoms with van der Waals surface area (Å²) in [5.41, 5.74) is -1.34. The lowest BCUT2D eigenvalue weighted by Crippen LogP contribution is -2.51. The molecule has 25 heavy (non-hydrogen) atoms. The van der Waals surface area contributed by atoms with Gasteiger partial charge in [-0.05, 0) is 44.0 Å². The van der Waals surface area contributed by atoms with Gasteiger partial charge in [-0.2, -0.15) is 0 Å². The maximum absolute atomic E-state index is 12.9. The van der Waals surface area contributed by atoms with Crippen molar-refractivity contribution in [1.29, 1.82) is 0 Å². The number of sulfonamides is 1. The molecule has 7 nitrogen and oxygen atoms in total. The monoisotopic (exact) mass is 374 g/mol. The van der Waals surface area contributed by atoms with Gasteiger partial charge < -0.3 is 10.4 Å². The Labute approximate surface area is 146 Å². The van der Waals surface area contributed by atoms with Crippen molar-refractivity contribution >= 4 is 21.9 Å². The summed E-state index contributed by atoms with van der Waals surface area (Å²) in [6, 6.07) is 4.47. The van der Waals surface area contributed by atoms with E-state index in [4.69, 9.17) is 5.11 Å². The van der Waals surface area contributed by atoms with E-state index in [9.17, 15) is 22.4 Å². The molecule has 0 aliphatic carbocycles. The Kier molecular flexibility index (Phi) is 7.06. The smallest absolute Gasteiger partial charge is 0.329 e. The number of hydrogen-bond acceptors (Lipinski definition) is 4. The molecule has 1 amide bonds. The first-order valence-corrected chi connectivity index (χ1v) is 9.23. The molecule has 1 atom stereocenters. The zero-order chi connectivity index (χ0) is 19.3. The number of aliphatic carboxylic acids is 1. The van der Waals surface area contributed by atoms with Crippen LogP contribution in [0.2, 0.25) is 0 Å². The summed E-state index contributed by atoms with van der Waals surface area (Å²) in [4.78, 5) is 23.0. The van der Waals surface area contributed by atoms with Gasteiger partial charge in [0.2, 0.25) is 15.9 Å². The molecule has 9 heteroatoms. The second-order valence-corrected chi connectivity index (χ2v) is 7.97. The second kappa shape index (κ2) is 8.39. The van der Waals surface area contributed by atoms with E-state index in [0.29, 0.717) is 0 Å². The molecular weight excluding hydrogens is 351 g/mol. The molecule has 140 valence electrons. The van der Waals surface area contributed by atoms with Gasteiger partial charge in [0, 0.05) is 20.0 Å². The summed E-state index contributed by atoms with van der Waals surface area (Å²) in [5.74, 6) is -2.12. The van der Waals surface area contributed by atoms with Crippen LogP contribution in [-0.2, 0) is 19.6 Å². The summed E-state index contributed by atoms with van der Waals surface area (Å²) in [5, 5.41) is 11.6. The number of carboxylic acid groups (broad SMARTS) is 1. The molecule has 0 aliphatic heterocycles. The molecule has 0 aromatic heterocycles. The Hall–Kier alpha value is -2.00. The predicted octanol–water partition coefficient (Wildman–Crippen LogP) is 1.60. The molecule has 0 radical (unpaired) electrons. The Morgan fingerprint density at radius 2 is 1.84 bits per heavy atom. The Balaban J connectivity index is 2.59. The number of nitrogens with one attached hydrogen (secondary N) is 1. The van der Waals surface area contributed by atoms with Crippen LogP contribution in [0.5, 0.6) is 0 Å². The van der Waals surface area contributed by atoms with E-state index in [0.717, 1.165) is 16.4 Å². The molecule has 1 aromatic rings. The largest absolute Gasteiger partial charge is 0.480 e. The van der Waals surface area contributed by atoms with Crippen LogP contribution in [0.15, 0.2) is 29.2 Å². The summed E-state index contributed by atoms with van der Waals surface area (Å²) in [6.45, 7) is 3.14. The van der Waals surface area contributed by atoms with Crippen LogP contribution < -0.4 is 5.32 Å². The molecule has 2 N–H and O–H groups in total. The Bertz CT molecular complexity index is 721. The number of halogens is 1. The molecule has 0 heterocycles. The van der Waals surface area contributed by atoms with Crippen LogP contribution in [0.3, 0.4) is 0 Å². The first-order chi connectivity index (χ1) is 11.5. The van der Waals surface area contributed by atoms with Crippen molar-refractivity contribution in [2.75, 3.05) is 13.6 Å². The molecule has 1 rings (SSSR count). The molecule has 0 spiro atoms. The van der Waals surface area contributed by atoms with E-state index in [1.54, 1.807) is 6.92 Å². The maximum atomic E-state index is 12.9. The zero-order valence-electron chi connectivity index (χ0n) is 14.5. The lowest BCUT2D eigenvalue weighted by atomic mass is 9.99. The summed E-state index contributed by atoms with van der Waals surface area (Å²) in [6.07, 6.45) is 0.446. The molecule has 0 saturated carbocycles. The van der Waals surface area contributed by atoms with Crippen molar-refractivity contribution in [3.8, 4) is 0 Å². The Morgan fingerprint density at radius 1 is 1.28 bits per heavy atom. The van der Waals surface area contributed by atoms with Crippen LogP contribution >= 0.6 is 0 Å². The number of nitrogens with zero attached hydrogens (tertiary/aromatic N) is 1. The van der Waals surface area contributed by atoms with E-state index in [-0.39, 0.29) is 30.7 Å². The fraction of sp³-hybridized carbons (Fsp3) is 0.500. The minimum atomic E-state index is -3.77. The first kappa shape index (κ1) is 21.0. The highest BCUT2D eigenvalue weighted by atomic mass is 32.2. The standard InChI is InChI=1S/C16H23FN2O5S/c1-4-16(2,15(21)22)18-14(20)6-5-11-19(3)25(23,24)13-9-7-12(17)8-10-13/h7-10H,4-6,11H2,1-3H3,(H,18,20)(H,21,22). The van der Waals surface area contributed by atoms with Gasteiger partial charge in [-0.15, -0.1) is 0 Å². The van der Waals surface area contributed by atoms with Crippen LogP contribution in [0.4, 0.5) is 4.39 Å². The predicted molar refractivity (Wildman–Crippen MR) is 89.9 cm³/mol. The third-order valence-corrected chi connectivity index (χ3v) is 5.86. The minimum absolute atomic E-state index is 0.00779. The molecule has 0 fully saturated rings. The van der Waals surface area contributed by atoms with E-state index in [1.165, 1.54) is 26.1 Å². The van der Waals surface area contributed by atoms with Crippen molar-refractivity contribution < 1.29 is 27.5 Å². The Morgan fingerprint density at radius 3 is 2.32 bits per heavy atom. The normalized spacial score (nSPS) is 14.1. The molecule has 0 bridgehead atoms. The van der Waals surface area contributed by atoms with Gasteiger partial charge in [0.05, 0.1) is 4.90 Å². The lowest BCUT2D eigenvalue weighted by Gasteiger charge is -2.24. The van der Waals surface area contributed by atoms with Gasteiger partial charge >= 0.3 is 5.97 Å². The number of amides is 1. The van der Waals surface area contributed by atoms with Crippen LogP contribution in [0, 0.1) is 5.82 Å². The number of carbonyl (C=O) groups is 2. The molecule has 0 aliphatic rings. The zero-order valence-corrected chi connectivity index (χ0v) is 15.3. The molecular formula is C16H23FN2O5S. The summed E-state index contributed by atoms with van der Waals surface area (Å²) >= 11 is 0. The molecule has 1 unspecified atom stereocenters. The van der Waals surface area contributed by atoms with Crippen molar-refractivity contribution in [3.63, 3.8) is 0 Å². The van der Waals surface area contributed by atoms with Gasteiger partial charge in [-0.3, -0.25) is 4.79 Å². The molecule has 1 aromatic carbocycles. The highest BCUT2D eigenvalue weighted by molar-refractivity contribution is 7.89. The van der Waals surface area contributed by atoms with Gasteiger partial charge in [0.25, 0.3) is 0 Å². The van der Waals surface area contributed by atoms with Crippen molar-refractivity contribution in [2.24, 2.45) is 0 Å². The lowest BCUT2D eigenvalue weighted by molar-refractivity contribution is -0.147. The second-order valence-electron chi connectivity index (χ2n) is 5.92. The van der Waals surface area contributed by atoms with Gasteiger partial charge in [-0.25, -0.2) is 21.9 Å². The number of carbonyl (C=O) groups excluding carboxylic acids is 1. The topological polar surface area (TPSA) is 104 Å². The fourth-order valence-corrected chi connectivity index (χ4v) is 3.24. The van der Waals surface area contributed by atoms with Gasteiger partial charge in [-0.1, -0.05) is 6.92 Å². The quantitative estimate of drug-likeness (QED) is 0.683. The van der Waals surface area contributed by atoms with Crippen LogP contribution in [0.1, 0.15) is 33.1 Å². The van der Waals surface area contributed by atoms with Gasteiger partial charge in [0.15, 0.2) is 0 Å². The summed E-state index contributed by atoms with van der Waals surface area (Å²) in [7, 11) is -2.40. The summed E-state index contributed by atoms with van der Waals surface area (Å²) < 4.78 is 38.6. The van der Waals surface area contributed by atoms with Crippen molar-refractivity contribution in [1.82, 2.24) is 9.62 Å². The van der Waals surface area contributed by atoms with E-state index in [2.05, 4.69) is 5.32 Å². The average molecular weight is 374 g/mol. The number of carboxylic acids is 1. The maximum Gasteiger partial charge on any atom is 0.329 e. The van der Waals surface area contributed by atoms with Crippen LogP contribution in [0.25, 0.3) is 0 Å². The minimum Gasteiger partial charge on any atom is -0.480 e. The third-order valence-electron chi connectivity index (χ3n) is 3.99. The molecule has 0 saturated heterocycles. The number of rotatable bonds is 9. The fourth-order valence-electron chi connectivity index (χ4n) is 2.03. The van der Waals surface area contributed by atoms with Crippen LogP contribution in [-0.4, -0.2) is 48.8 Å². The van der Waals surface area contributed by atoms with Crippen molar-refractivity contribution in [3.05, 3.63) is 30.1 Å². The third kappa shape index (κ3) is 5.50. The van der Waals surface area contributed by atoms with E-state index < -0.39 is 33.3 Å². The highest BCUT2D eigenvalue weighted by Crippen LogP contribution is 2.15. The number of hydrogen-bond donors (Lipinski definition) is 2. The van der Waals surface area contributed by atoms with Crippen molar-refractivity contribution in [2.45, 2.75) is 43.5 Å². The average Bonchev–Trinajstić information content (AvgIpc) is 2.54. The first-order valence-electron chi connectivity index (χ1n) is 7.79.